The van der Waals surface area contributed by atoms with Gasteiger partial charge in [0.05, 0.1) is 16.4 Å². The van der Waals surface area contributed by atoms with E-state index in [1.165, 1.54) is 122 Å². The van der Waals surface area contributed by atoms with Crippen molar-refractivity contribution in [1.82, 2.24) is 4.57 Å². The smallest absolute Gasteiger partial charge is 0.0725 e. The molecule has 1 nitrogen and oxygen atoms in total. The van der Waals surface area contributed by atoms with Crippen LogP contribution in [-0.4, -0.2) is 4.57 Å². The minimum Gasteiger partial charge on any atom is -0.309 e. The van der Waals surface area contributed by atoms with Gasteiger partial charge in [-0.15, -0.1) is 0 Å². The largest absolute Gasteiger partial charge is 0.309 e. The molecule has 1 aromatic heterocycles. The number of nitrogens with zero attached hydrogens (tertiary/aromatic N) is 1. The molecule has 1 spiro atoms. The van der Waals surface area contributed by atoms with E-state index in [1.807, 2.05) is 0 Å². The molecule has 0 atom stereocenters. The highest BCUT2D eigenvalue weighted by molar-refractivity contribution is 6.22. The molecule has 13 rings (SSSR count). The number of rotatable bonds is 4. The van der Waals surface area contributed by atoms with E-state index in [0.717, 1.165) is 5.69 Å². The van der Waals surface area contributed by atoms with Gasteiger partial charge in [-0.2, -0.15) is 0 Å². The molecule has 0 N–H and O–H groups in total. The second kappa shape index (κ2) is 13.1. The van der Waals surface area contributed by atoms with Crippen LogP contribution < -0.4 is 0 Å². The second-order valence-electron chi connectivity index (χ2n) is 17.4. The molecule has 11 aromatic rings. The topological polar surface area (TPSA) is 4.93 Å². The van der Waals surface area contributed by atoms with Crippen molar-refractivity contribution in [3.8, 4) is 61.3 Å². The van der Waals surface area contributed by atoms with E-state index in [0.29, 0.717) is 0 Å². The zero-order valence-corrected chi connectivity index (χ0v) is 34.7. The number of fused-ring (bicyclic) bond motifs is 15. The summed E-state index contributed by atoms with van der Waals surface area (Å²) in [5, 5.41) is 5.06. The average Bonchev–Trinajstić information content (AvgIpc) is 3.93. The van der Waals surface area contributed by atoms with Crippen molar-refractivity contribution in [3.05, 3.63) is 246 Å². The predicted octanol–water partition coefficient (Wildman–Crippen LogP) is 15.9. The minimum absolute atomic E-state index is 0.380. The molecule has 0 aliphatic heterocycles. The molecule has 0 radical (unpaired) electrons. The van der Waals surface area contributed by atoms with Gasteiger partial charge in [0.2, 0.25) is 0 Å². The first-order chi connectivity index (χ1) is 30.5. The Labute approximate surface area is 361 Å². The highest BCUT2D eigenvalue weighted by Crippen LogP contribution is 2.63. The lowest BCUT2D eigenvalue weighted by Gasteiger charge is -2.30. The Morgan fingerprint density at radius 2 is 0.855 bits per heavy atom. The third-order valence-electron chi connectivity index (χ3n) is 13.8. The van der Waals surface area contributed by atoms with Gasteiger partial charge in [-0.05, 0) is 145 Å². The Bertz CT molecular complexity index is 3590. The first-order valence-electron chi connectivity index (χ1n) is 21.7. The number of aryl methyl sites for hydroxylation is 2. The molecule has 0 amide bonds. The summed E-state index contributed by atoms with van der Waals surface area (Å²) in [5.41, 5.74) is 23.9. The summed E-state index contributed by atoms with van der Waals surface area (Å²) in [6.07, 6.45) is 0. The lowest BCUT2D eigenvalue weighted by Crippen LogP contribution is -2.25. The van der Waals surface area contributed by atoms with Gasteiger partial charge in [0, 0.05) is 16.5 Å². The van der Waals surface area contributed by atoms with Gasteiger partial charge >= 0.3 is 0 Å². The van der Waals surface area contributed by atoms with Crippen molar-refractivity contribution in [2.75, 3.05) is 0 Å². The van der Waals surface area contributed by atoms with Gasteiger partial charge in [0.15, 0.2) is 0 Å². The number of hydrogen-bond acceptors (Lipinski definition) is 0. The monoisotopic (exact) mass is 787 g/mol. The molecule has 290 valence electrons. The quantitative estimate of drug-likeness (QED) is 0.167. The summed E-state index contributed by atoms with van der Waals surface area (Å²) in [4.78, 5) is 0. The van der Waals surface area contributed by atoms with E-state index >= 15 is 0 Å². The molecule has 62 heavy (non-hydrogen) atoms. The Balaban J connectivity index is 1.00. The van der Waals surface area contributed by atoms with Crippen LogP contribution in [0.25, 0.3) is 93.9 Å². The van der Waals surface area contributed by atoms with Crippen LogP contribution in [-0.2, 0) is 5.41 Å². The summed E-state index contributed by atoms with van der Waals surface area (Å²) in [6.45, 7) is 4.35. The van der Waals surface area contributed by atoms with Crippen molar-refractivity contribution in [2.24, 2.45) is 0 Å². The molecule has 0 fully saturated rings. The van der Waals surface area contributed by atoms with E-state index in [1.54, 1.807) is 0 Å². The van der Waals surface area contributed by atoms with Gasteiger partial charge in [-0.3, -0.25) is 0 Å². The van der Waals surface area contributed by atoms with E-state index in [-0.39, 0.29) is 5.41 Å². The molecular formula is C61H41N. The maximum Gasteiger partial charge on any atom is 0.0725 e. The standard InChI is InChI=1S/C61H41N/c1-38-31-39(2)33-46(32-38)42-15-11-14-41(34-42)43-16-12-17-47(35-43)62-58-29-27-44(36-53(58)60-48-18-4-3-13-40(48)26-30-59(60)62)45-25-28-52-51-21-7-10-24-56(51)61(57(52)37-45)54-22-8-5-19-49(54)50-20-6-9-23-55(50)61/h3-37H,1-2H3. The summed E-state index contributed by atoms with van der Waals surface area (Å²) in [7, 11) is 0. The summed E-state index contributed by atoms with van der Waals surface area (Å²) in [6, 6.07) is 79.8. The minimum atomic E-state index is -0.380. The fourth-order valence-electron chi connectivity index (χ4n) is 11.4. The molecule has 10 aromatic carbocycles. The molecule has 0 saturated heterocycles. The SMILES string of the molecule is Cc1cc(C)cc(-c2cccc(-c3cccc(-n4c5ccc(-c6ccc7c(c6)C6(c8ccccc8-c8ccccc86)c6ccccc6-7)cc5c5c6ccccc6ccc54)c3)c2)c1. The van der Waals surface area contributed by atoms with E-state index in [2.05, 4.69) is 231 Å². The van der Waals surface area contributed by atoms with Crippen molar-refractivity contribution in [2.45, 2.75) is 19.3 Å². The first-order valence-corrected chi connectivity index (χ1v) is 21.7. The normalized spacial score (nSPS) is 13.1. The molecular weight excluding hydrogens is 747 g/mol. The van der Waals surface area contributed by atoms with Gasteiger partial charge in [0.25, 0.3) is 0 Å². The second-order valence-corrected chi connectivity index (χ2v) is 17.4. The van der Waals surface area contributed by atoms with Crippen LogP contribution in [0.2, 0.25) is 0 Å². The van der Waals surface area contributed by atoms with Crippen LogP contribution in [0.5, 0.6) is 0 Å². The lowest BCUT2D eigenvalue weighted by atomic mass is 9.70. The number of hydrogen-bond donors (Lipinski definition) is 0. The molecule has 2 aliphatic carbocycles. The fraction of sp³-hybridized carbons (Fsp3) is 0.0492. The van der Waals surface area contributed by atoms with Crippen LogP contribution in [0.15, 0.2) is 212 Å². The maximum atomic E-state index is 2.50. The highest BCUT2D eigenvalue weighted by Gasteiger charge is 2.51. The van der Waals surface area contributed by atoms with Crippen LogP contribution in [0, 0.1) is 13.8 Å². The van der Waals surface area contributed by atoms with Crippen LogP contribution in [0.3, 0.4) is 0 Å². The Morgan fingerprint density at radius 3 is 1.56 bits per heavy atom. The lowest BCUT2D eigenvalue weighted by molar-refractivity contribution is 0.794. The highest BCUT2D eigenvalue weighted by atomic mass is 15.0. The number of aromatic nitrogens is 1. The molecule has 2 aliphatic rings. The maximum absolute atomic E-state index is 2.50. The van der Waals surface area contributed by atoms with Crippen molar-refractivity contribution >= 4 is 32.6 Å². The third kappa shape index (κ3) is 4.91. The van der Waals surface area contributed by atoms with E-state index < -0.39 is 0 Å². The average molecular weight is 788 g/mol. The molecule has 0 unspecified atom stereocenters. The Morgan fingerprint density at radius 1 is 0.323 bits per heavy atom. The van der Waals surface area contributed by atoms with Gasteiger partial charge in [-0.1, -0.05) is 181 Å². The molecule has 0 bridgehead atoms. The predicted molar refractivity (Wildman–Crippen MR) is 260 cm³/mol. The van der Waals surface area contributed by atoms with Crippen molar-refractivity contribution in [1.29, 1.82) is 0 Å². The Kier molecular flexibility index (Phi) is 7.42. The van der Waals surface area contributed by atoms with Gasteiger partial charge in [0.1, 0.15) is 0 Å². The molecule has 0 saturated carbocycles. The van der Waals surface area contributed by atoms with Crippen LogP contribution in [0.1, 0.15) is 33.4 Å². The first kappa shape index (κ1) is 35.1. The number of benzene rings is 10. The third-order valence-corrected chi connectivity index (χ3v) is 13.8. The molecule has 1 heterocycles. The van der Waals surface area contributed by atoms with Crippen LogP contribution in [0.4, 0.5) is 0 Å². The summed E-state index contributed by atoms with van der Waals surface area (Å²) >= 11 is 0. The fourth-order valence-corrected chi connectivity index (χ4v) is 11.4. The zero-order chi connectivity index (χ0) is 41.1. The summed E-state index contributed by atoms with van der Waals surface area (Å²) < 4.78 is 2.47. The van der Waals surface area contributed by atoms with E-state index in [9.17, 15) is 0 Å². The Hall–Kier alpha value is -7.74. The summed E-state index contributed by atoms with van der Waals surface area (Å²) in [5.74, 6) is 0. The molecule has 1 heteroatoms. The zero-order valence-electron chi connectivity index (χ0n) is 34.7. The van der Waals surface area contributed by atoms with Crippen LogP contribution >= 0.6 is 0 Å². The van der Waals surface area contributed by atoms with E-state index in [4.69, 9.17) is 0 Å². The van der Waals surface area contributed by atoms with Gasteiger partial charge in [-0.25, -0.2) is 0 Å². The van der Waals surface area contributed by atoms with Gasteiger partial charge < -0.3 is 4.57 Å². The van der Waals surface area contributed by atoms with Crippen molar-refractivity contribution in [3.63, 3.8) is 0 Å². The van der Waals surface area contributed by atoms with Crippen molar-refractivity contribution < 1.29 is 0 Å².